The Kier molecular flexibility index (Phi) is 5.25. The zero-order valence-corrected chi connectivity index (χ0v) is 14.9. The van der Waals surface area contributed by atoms with Crippen molar-refractivity contribution in [2.75, 3.05) is 18.7 Å². The Bertz CT molecular complexity index is 748. The lowest BCUT2D eigenvalue weighted by Gasteiger charge is -2.09. The van der Waals surface area contributed by atoms with Gasteiger partial charge < -0.3 is 19.5 Å². The number of hydrogen-bond acceptors (Lipinski definition) is 4. The first-order valence-electron chi connectivity index (χ1n) is 7.70. The average molecular weight is 392 g/mol. The minimum absolute atomic E-state index is 0.0552. The lowest BCUT2D eigenvalue weighted by Crippen LogP contribution is -2.12. The third-order valence-corrected chi connectivity index (χ3v) is 4.17. The molecule has 0 aliphatic carbocycles. The maximum Gasteiger partial charge on any atom is 0.231 e. The number of benzene rings is 2. The van der Waals surface area contributed by atoms with Crippen LogP contribution in [0.2, 0.25) is 0 Å². The minimum Gasteiger partial charge on any atom is -0.492 e. The van der Waals surface area contributed by atoms with Crippen molar-refractivity contribution in [1.29, 1.82) is 0 Å². The molecule has 0 spiro atoms. The number of amides is 1. The summed E-state index contributed by atoms with van der Waals surface area (Å²) >= 11 is 3.47. The van der Waals surface area contributed by atoms with Crippen LogP contribution in [0.3, 0.4) is 0 Å². The van der Waals surface area contributed by atoms with E-state index in [0.29, 0.717) is 36.6 Å². The maximum absolute atomic E-state index is 12.0. The molecule has 0 saturated carbocycles. The first-order chi connectivity index (χ1) is 11.6. The summed E-state index contributed by atoms with van der Waals surface area (Å²) < 4.78 is 17.1. The molecule has 0 radical (unpaired) electrons. The minimum atomic E-state index is -0.0552. The molecule has 0 fully saturated rings. The Hall–Kier alpha value is -2.21. The predicted molar refractivity (Wildman–Crippen MR) is 94.8 cm³/mol. The zero-order valence-electron chi connectivity index (χ0n) is 13.3. The van der Waals surface area contributed by atoms with Gasteiger partial charge >= 0.3 is 0 Å². The molecule has 3 rings (SSSR count). The molecule has 0 bridgehead atoms. The second-order valence-electron chi connectivity index (χ2n) is 5.50. The van der Waals surface area contributed by atoms with E-state index in [9.17, 15) is 4.79 Å². The SMILES string of the molecule is Cc1ccc(OCCCC(=O)Nc2ccc3c(c2)OCO3)c(Br)c1. The van der Waals surface area contributed by atoms with Crippen LogP contribution >= 0.6 is 15.9 Å². The van der Waals surface area contributed by atoms with E-state index in [1.807, 2.05) is 25.1 Å². The smallest absolute Gasteiger partial charge is 0.231 e. The van der Waals surface area contributed by atoms with E-state index in [4.69, 9.17) is 14.2 Å². The zero-order chi connectivity index (χ0) is 16.9. The second-order valence-corrected chi connectivity index (χ2v) is 6.36. The van der Waals surface area contributed by atoms with Gasteiger partial charge in [0.1, 0.15) is 5.75 Å². The first kappa shape index (κ1) is 16.6. The largest absolute Gasteiger partial charge is 0.492 e. The molecule has 126 valence electrons. The fourth-order valence-electron chi connectivity index (χ4n) is 2.34. The number of aryl methyl sites for hydroxylation is 1. The Balaban J connectivity index is 1.42. The van der Waals surface area contributed by atoms with Crippen LogP contribution < -0.4 is 19.5 Å². The highest BCUT2D eigenvalue weighted by Crippen LogP contribution is 2.34. The van der Waals surface area contributed by atoms with Gasteiger partial charge in [-0.05, 0) is 59.1 Å². The number of carbonyl (C=O) groups is 1. The van der Waals surface area contributed by atoms with Crippen LogP contribution in [-0.2, 0) is 4.79 Å². The van der Waals surface area contributed by atoms with Gasteiger partial charge in [0.15, 0.2) is 11.5 Å². The fourth-order valence-corrected chi connectivity index (χ4v) is 2.94. The van der Waals surface area contributed by atoms with Gasteiger partial charge in [0, 0.05) is 18.2 Å². The molecule has 0 aromatic heterocycles. The summed E-state index contributed by atoms with van der Waals surface area (Å²) in [5.74, 6) is 2.09. The Labute approximate surface area is 149 Å². The number of carbonyl (C=O) groups excluding carboxylic acids is 1. The van der Waals surface area contributed by atoms with Crippen LogP contribution in [0.15, 0.2) is 40.9 Å². The van der Waals surface area contributed by atoms with E-state index in [1.165, 1.54) is 0 Å². The summed E-state index contributed by atoms with van der Waals surface area (Å²) in [6, 6.07) is 11.3. The second kappa shape index (κ2) is 7.57. The number of nitrogens with one attached hydrogen (secondary N) is 1. The molecule has 1 heterocycles. The van der Waals surface area contributed by atoms with Gasteiger partial charge in [0.05, 0.1) is 11.1 Å². The molecule has 6 heteroatoms. The number of fused-ring (bicyclic) bond motifs is 1. The van der Waals surface area contributed by atoms with Gasteiger partial charge in [-0.3, -0.25) is 4.79 Å². The number of anilines is 1. The molecule has 0 atom stereocenters. The highest BCUT2D eigenvalue weighted by Gasteiger charge is 2.14. The summed E-state index contributed by atoms with van der Waals surface area (Å²) in [5.41, 5.74) is 1.86. The van der Waals surface area contributed by atoms with Gasteiger partial charge in [-0.1, -0.05) is 6.07 Å². The summed E-state index contributed by atoms with van der Waals surface area (Å²) in [4.78, 5) is 12.0. The van der Waals surface area contributed by atoms with Crippen molar-refractivity contribution in [3.8, 4) is 17.2 Å². The van der Waals surface area contributed by atoms with Crippen molar-refractivity contribution in [3.63, 3.8) is 0 Å². The highest BCUT2D eigenvalue weighted by atomic mass is 79.9. The third kappa shape index (κ3) is 4.20. The van der Waals surface area contributed by atoms with Crippen molar-refractivity contribution in [2.24, 2.45) is 0 Å². The third-order valence-electron chi connectivity index (χ3n) is 3.55. The van der Waals surface area contributed by atoms with Crippen molar-refractivity contribution in [1.82, 2.24) is 0 Å². The molecule has 2 aromatic rings. The molecule has 24 heavy (non-hydrogen) atoms. The monoisotopic (exact) mass is 391 g/mol. The fraction of sp³-hybridized carbons (Fsp3) is 0.278. The predicted octanol–water partition coefficient (Wildman–Crippen LogP) is 4.28. The average Bonchev–Trinajstić information content (AvgIpc) is 3.01. The van der Waals surface area contributed by atoms with Crippen molar-refractivity contribution >= 4 is 27.5 Å². The number of halogens is 1. The van der Waals surface area contributed by atoms with E-state index in [-0.39, 0.29) is 12.7 Å². The molecular weight excluding hydrogens is 374 g/mol. The van der Waals surface area contributed by atoms with E-state index >= 15 is 0 Å². The van der Waals surface area contributed by atoms with Crippen LogP contribution in [0, 0.1) is 6.92 Å². The molecule has 0 unspecified atom stereocenters. The Morgan fingerprint density at radius 3 is 2.88 bits per heavy atom. The van der Waals surface area contributed by atoms with Crippen molar-refractivity contribution < 1.29 is 19.0 Å². The topological polar surface area (TPSA) is 56.8 Å². The van der Waals surface area contributed by atoms with Crippen LogP contribution in [-0.4, -0.2) is 19.3 Å². The summed E-state index contributed by atoms with van der Waals surface area (Å²) in [6.45, 7) is 2.73. The van der Waals surface area contributed by atoms with Crippen molar-refractivity contribution in [3.05, 3.63) is 46.4 Å². The summed E-state index contributed by atoms with van der Waals surface area (Å²) in [6.07, 6.45) is 1.02. The quantitative estimate of drug-likeness (QED) is 0.746. The Morgan fingerprint density at radius 2 is 2.04 bits per heavy atom. The first-order valence-corrected chi connectivity index (χ1v) is 8.49. The van der Waals surface area contributed by atoms with Gasteiger partial charge in [0.2, 0.25) is 12.7 Å². The molecule has 5 nitrogen and oxygen atoms in total. The normalized spacial score (nSPS) is 12.1. The lowest BCUT2D eigenvalue weighted by atomic mass is 10.2. The molecule has 1 aliphatic rings. The number of hydrogen-bond donors (Lipinski definition) is 1. The van der Waals surface area contributed by atoms with Crippen LogP contribution in [0.4, 0.5) is 5.69 Å². The maximum atomic E-state index is 12.0. The molecule has 0 saturated heterocycles. The summed E-state index contributed by atoms with van der Waals surface area (Å²) in [7, 11) is 0. The van der Waals surface area contributed by atoms with Crippen LogP contribution in [0.5, 0.6) is 17.2 Å². The molecular formula is C18H18BrNO4. The lowest BCUT2D eigenvalue weighted by molar-refractivity contribution is -0.116. The van der Waals surface area contributed by atoms with E-state index in [1.54, 1.807) is 18.2 Å². The standard InChI is InChI=1S/C18H18BrNO4/c1-12-4-6-15(14(19)9-12)22-8-2-3-18(21)20-13-5-7-16-17(10-13)24-11-23-16/h4-7,9-10H,2-3,8,11H2,1H3,(H,20,21). The highest BCUT2D eigenvalue weighted by molar-refractivity contribution is 9.10. The van der Waals surface area contributed by atoms with E-state index < -0.39 is 0 Å². The summed E-state index contributed by atoms with van der Waals surface area (Å²) in [5, 5.41) is 2.85. The van der Waals surface area contributed by atoms with Crippen LogP contribution in [0.25, 0.3) is 0 Å². The van der Waals surface area contributed by atoms with Gasteiger partial charge in [-0.15, -0.1) is 0 Å². The van der Waals surface area contributed by atoms with Gasteiger partial charge in [-0.25, -0.2) is 0 Å². The number of ether oxygens (including phenoxy) is 3. The van der Waals surface area contributed by atoms with Gasteiger partial charge in [-0.2, -0.15) is 0 Å². The van der Waals surface area contributed by atoms with E-state index in [0.717, 1.165) is 15.8 Å². The van der Waals surface area contributed by atoms with Crippen molar-refractivity contribution in [2.45, 2.75) is 19.8 Å². The van der Waals surface area contributed by atoms with Crippen LogP contribution in [0.1, 0.15) is 18.4 Å². The molecule has 1 amide bonds. The molecule has 1 aliphatic heterocycles. The van der Waals surface area contributed by atoms with E-state index in [2.05, 4.69) is 21.2 Å². The molecule has 2 aromatic carbocycles. The Morgan fingerprint density at radius 1 is 1.21 bits per heavy atom. The number of rotatable bonds is 6. The van der Waals surface area contributed by atoms with Gasteiger partial charge in [0.25, 0.3) is 0 Å². The molecule has 1 N–H and O–H groups in total.